The molecule has 3 heterocycles. The number of hydrogen-bond donors (Lipinski definition) is 0. The lowest BCUT2D eigenvalue weighted by atomic mass is 10.1. The van der Waals surface area contributed by atoms with Crippen LogP contribution in [-0.4, -0.2) is 27.5 Å². The summed E-state index contributed by atoms with van der Waals surface area (Å²) < 4.78 is 10.4. The molecule has 124 valence electrons. The van der Waals surface area contributed by atoms with Crippen LogP contribution in [0.5, 0.6) is 0 Å². The van der Waals surface area contributed by atoms with Gasteiger partial charge in [-0.3, -0.25) is 4.79 Å². The molecule has 1 aliphatic rings. The van der Waals surface area contributed by atoms with Crippen LogP contribution in [0.4, 0.5) is 0 Å². The number of carbonyl (C=O) groups excluding carboxylic acids is 1. The summed E-state index contributed by atoms with van der Waals surface area (Å²) in [5.41, 5.74) is 1.73. The van der Waals surface area contributed by atoms with Gasteiger partial charge in [0.05, 0.1) is 18.7 Å². The van der Waals surface area contributed by atoms with E-state index in [1.807, 2.05) is 29.2 Å². The van der Waals surface area contributed by atoms with Crippen molar-refractivity contribution in [1.82, 2.24) is 15.0 Å². The minimum atomic E-state index is -0.100. The molecule has 6 heteroatoms. The van der Waals surface area contributed by atoms with Gasteiger partial charge in [0, 0.05) is 17.5 Å². The highest BCUT2D eigenvalue weighted by molar-refractivity contribution is 5.87. The van der Waals surface area contributed by atoms with E-state index in [9.17, 15) is 4.79 Å². The zero-order chi connectivity index (χ0) is 16.4. The molecule has 0 saturated carbocycles. The molecule has 0 radical (unpaired) electrons. The molecule has 1 aliphatic heterocycles. The van der Waals surface area contributed by atoms with Gasteiger partial charge in [-0.2, -0.15) is 4.98 Å². The van der Waals surface area contributed by atoms with Gasteiger partial charge in [0.25, 0.3) is 0 Å². The fourth-order valence-corrected chi connectivity index (χ4v) is 3.44. The molecule has 1 aromatic carbocycles. The van der Waals surface area contributed by atoms with E-state index in [1.54, 1.807) is 6.26 Å². The van der Waals surface area contributed by atoms with Crippen molar-refractivity contribution in [2.45, 2.75) is 38.1 Å². The van der Waals surface area contributed by atoms with E-state index in [2.05, 4.69) is 10.1 Å². The van der Waals surface area contributed by atoms with E-state index in [0.29, 0.717) is 12.2 Å². The van der Waals surface area contributed by atoms with Crippen LogP contribution in [0.2, 0.25) is 0 Å². The van der Waals surface area contributed by atoms with Crippen LogP contribution >= 0.6 is 0 Å². The normalized spacial score (nSPS) is 18.7. The minimum Gasteiger partial charge on any atom is -0.464 e. The number of aromatic nitrogens is 2. The summed E-state index contributed by atoms with van der Waals surface area (Å²) >= 11 is 0. The third kappa shape index (κ3) is 2.79. The Balaban J connectivity index is 1.59. The monoisotopic (exact) mass is 325 g/mol. The topological polar surface area (TPSA) is 72.4 Å². The standard InChI is InChI=1S/C18H19N3O3/c22-17(10-13-11-23-16-8-4-3-6-14(13)16)21-9-5-1-2-7-15(21)18-19-12-24-20-18/h3-4,6,8,11-12,15H,1-2,5,7,9-10H2. The number of nitrogens with zero attached hydrogens (tertiary/aromatic N) is 3. The van der Waals surface area contributed by atoms with Crippen molar-refractivity contribution in [2.24, 2.45) is 0 Å². The Morgan fingerprint density at radius 3 is 3.04 bits per heavy atom. The molecule has 0 aliphatic carbocycles. The Kier molecular flexibility index (Phi) is 4.02. The first-order valence-electron chi connectivity index (χ1n) is 8.34. The van der Waals surface area contributed by atoms with E-state index in [-0.39, 0.29) is 11.9 Å². The Morgan fingerprint density at radius 2 is 2.17 bits per heavy atom. The van der Waals surface area contributed by atoms with E-state index < -0.39 is 0 Å². The molecule has 3 aromatic rings. The van der Waals surface area contributed by atoms with Crippen LogP contribution in [0, 0.1) is 0 Å². The van der Waals surface area contributed by atoms with Crippen LogP contribution in [-0.2, 0) is 11.2 Å². The van der Waals surface area contributed by atoms with Gasteiger partial charge in [-0.1, -0.05) is 36.2 Å². The summed E-state index contributed by atoms with van der Waals surface area (Å²) in [7, 11) is 0. The lowest BCUT2D eigenvalue weighted by Crippen LogP contribution is -2.36. The Labute approximate surface area is 139 Å². The van der Waals surface area contributed by atoms with Gasteiger partial charge < -0.3 is 13.8 Å². The smallest absolute Gasteiger partial charge is 0.227 e. The maximum atomic E-state index is 13.0. The average molecular weight is 325 g/mol. The molecular formula is C18H19N3O3. The lowest BCUT2D eigenvalue weighted by molar-refractivity contribution is -0.133. The fraction of sp³-hybridized carbons (Fsp3) is 0.389. The molecule has 0 spiro atoms. The summed E-state index contributed by atoms with van der Waals surface area (Å²) in [4.78, 5) is 19.0. The average Bonchev–Trinajstić information content (AvgIpc) is 3.20. The maximum Gasteiger partial charge on any atom is 0.227 e. The number of carbonyl (C=O) groups is 1. The second-order valence-electron chi connectivity index (χ2n) is 6.18. The Bertz CT molecular complexity index is 825. The van der Waals surface area contributed by atoms with Crippen LogP contribution in [0.1, 0.15) is 43.1 Å². The van der Waals surface area contributed by atoms with Gasteiger partial charge in [-0.05, 0) is 18.9 Å². The van der Waals surface area contributed by atoms with Gasteiger partial charge in [-0.25, -0.2) is 0 Å². The summed E-state index contributed by atoms with van der Waals surface area (Å²) in [6, 6.07) is 7.69. The van der Waals surface area contributed by atoms with Gasteiger partial charge in [0.2, 0.25) is 12.3 Å². The highest BCUT2D eigenvalue weighted by Gasteiger charge is 2.30. The van der Waals surface area contributed by atoms with Gasteiger partial charge in [-0.15, -0.1) is 0 Å². The van der Waals surface area contributed by atoms with Gasteiger partial charge >= 0.3 is 0 Å². The zero-order valence-electron chi connectivity index (χ0n) is 13.4. The number of amides is 1. The van der Waals surface area contributed by atoms with Crippen LogP contribution < -0.4 is 0 Å². The van der Waals surface area contributed by atoms with E-state index >= 15 is 0 Å². The molecule has 24 heavy (non-hydrogen) atoms. The third-order valence-electron chi connectivity index (χ3n) is 4.65. The van der Waals surface area contributed by atoms with Crippen LogP contribution in [0.15, 0.2) is 45.9 Å². The van der Waals surface area contributed by atoms with Crippen LogP contribution in [0.3, 0.4) is 0 Å². The molecule has 1 atom stereocenters. The van der Waals surface area contributed by atoms with E-state index in [1.165, 1.54) is 6.39 Å². The molecule has 1 amide bonds. The number of furan rings is 1. The fourth-order valence-electron chi connectivity index (χ4n) is 3.44. The first-order chi connectivity index (χ1) is 11.8. The van der Waals surface area contributed by atoms with Crippen molar-refractivity contribution in [3.05, 3.63) is 48.3 Å². The molecule has 4 rings (SSSR count). The summed E-state index contributed by atoms with van der Waals surface area (Å²) in [5, 5.41) is 4.96. The molecule has 1 unspecified atom stereocenters. The number of hydrogen-bond acceptors (Lipinski definition) is 5. The number of likely N-dealkylation sites (tertiary alicyclic amines) is 1. The van der Waals surface area contributed by atoms with Crippen molar-refractivity contribution in [1.29, 1.82) is 0 Å². The van der Waals surface area contributed by atoms with E-state index in [4.69, 9.17) is 8.94 Å². The number of benzene rings is 1. The van der Waals surface area contributed by atoms with Crippen molar-refractivity contribution in [3.63, 3.8) is 0 Å². The van der Waals surface area contributed by atoms with Gasteiger partial charge in [0.15, 0.2) is 5.82 Å². The molecular weight excluding hydrogens is 306 g/mol. The Morgan fingerprint density at radius 1 is 1.25 bits per heavy atom. The summed E-state index contributed by atoms with van der Waals surface area (Å²) in [5.74, 6) is 0.681. The number of fused-ring (bicyclic) bond motifs is 1. The first kappa shape index (κ1) is 14.9. The largest absolute Gasteiger partial charge is 0.464 e. The third-order valence-corrected chi connectivity index (χ3v) is 4.65. The predicted molar refractivity (Wildman–Crippen MR) is 87.1 cm³/mol. The van der Waals surface area contributed by atoms with E-state index in [0.717, 1.165) is 48.8 Å². The molecule has 0 bridgehead atoms. The molecule has 0 N–H and O–H groups in total. The number of para-hydroxylation sites is 1. The first-order valence-corrected chi connectivity index (χ1v) is 8.34. The SMILES string of the molecule is O=C(Cc1coc2ccccc12)N1CCCCCC1c1ncon1. The second-order valence-corrected chi connectivity index (χ2v) is 6.18. The highest BCUT2D eigenvalue weighted by Crippen LogP contribution is 2.29. The van der Waals surface area contributed by atoms with Crippen molar-refractivity contribution in [2.75, 3.05) is 6.54 Å². The van der Waals surface area contributed by atoms with Crippen molar-refractivity contribution in [3.8, 4) is 0 Å². The molecule has 1 fully saturated rings. The summed E-state index contributed by atoms with van der Waals surface area (Å²) in [6.45, 7) is 0.730. The maximum absolute atomic E-state index is 13.0. The quantitative estimate of drug-likeness (QED) is 0.737. The zero-order valence-corrected chi connectivity index (χ0v) is 13.4. The minimum absolute atomic E-state index is 0.0817. The highest BCUT2D eigenvalue weighted by atomic mass is 16.5. The van der Waals surface area contributed by atoms with Crippen molar-refractivity contribution >= 4 is 16.9 Å². The molecule has 1 saturated heterocycles. The van der Waals surface area contributed by atoms with Crippen LogP contribution in [0.25, 0.3) is 11.0 Å². The molecule has 6 nitrogen and oxygen atoms in total. The van der Waals surface area contributed by atoms with Gasteiger partial charge in [0.1, 0.15) is 5.58 Å². The summed E-state index contributed by atoms with van der Waals surface area (Å²) in [6.07, 6.45) is 7.40. The lowest BCUT2D eigenvalue weighted by Gasteiger charge is -2.27. The predicted octanol–water partition coefficient (Wildman–Crippen LogP) is 3.50. The molecule has 2 aromatic heterocycles. The van der Waals surface area contributed by atoms with Crippen molar-refractivity contribution < 1.29 is 13.7 Å². The second kappa shape index (κ2) is 6.47. The Hall–Kier alpha value is -2.63. The number of rotatable bonds is 3.